The standard InChI is InChI=1S/C38H28N2.C7H8.C2H6/c39-36(37-17-5-6-24-40-37)16-4-1-9-26-18-20-27(21-19-26)28-10-7-11-29(25-28)30-22-23-35-32-13-3-2-12-31(32)34-15-8-14-33(30)38(34)35;1-7-5-3-2-4-6-7;1-2/h1-8,10-25H,9,39H2;2-6H,1H3;1-2H3/b4-1-,36-16-;;. The number of aromatic nitrogens is 1. The second kappa shape index (κ2) is 15.7. The maximum absolute atomic E-state index is 6.13. The minimum absolute atomic E-state index is 0.664. The second-order valence-electron chi connectivity index (χ2n) is 11.8. The Morgan fingerprint density at radius 1 is 0.571 bits per heavy atom. The average molecular weight is 635 g/mol. The van der Waals surface area contributed by atoms with Gasteiger partial charge in [-0.1, -0.05) is 165 Å². The van der Waals surface area contributed by atoms with Crippen LogP contribution in [0, 0.1) is 6.92 Å². The second-order valence-corrected chi connectivity index (χ2v) is 11.8. The van der Waals surface area contributed by atoms with E-state index < -0.39 is 0 Å². The first-order valence-electron chi connectivity index (χ1n) is 17.1. The Kier molecular flexibility index (Phi) is 10.6. The molecule has 7 aromatic rings. The predicted molar refractivity (Wildman–Crippen MR) is 211 cm³/mol. The molecule has 0 saturated carbocycles. The first kappa shape index (κ1) is 32.9. The monoisotopic (exact) mass is 634 g/mol. The Labute approximate surface area is 291 Å². The quantitative estimate of drug-likeness (QED) is 0.185. The molecule has 2 N–H and O–H groups in total. The molecule has 240 valence electrons. The van der Waals surface area contributed by atoms with Crippen molar-refractivity contribution in [3.05, 3.63) is 193 Å². The predicted octanol–water partition coefficient (Wildman–Crippen LogP) is 12.3. The van der Waals surface area contributed by atoms with E-state index in [4.69, 9.17) is 5.73 Å². The number of allylic oxidation sites excluding steroid dienone is 3. The van der Waals surface area contributed by atoms with Gasteiger partial charge < -0.3 is 5.73 Å². The zero-order valence-electron chi connectivity index (χ0n) is 28.5. The van der Waals surface area contributed by atoms with Crippen molar-refractivity contribution < 1.29 is 0 Å². The fourth-order valence-electron chi connectivity index (χ4n) is 6.29. The van der Waals surface area contributed by atoms with Gasteiger partial charge in [-0.25, -0.2) is 0 Å². The Morgan fingerprint density at radius 3 is 1.90 bits per heavy atom. The number of benzene rings is 6. The summed E-state index contributed by atoms with van der Waals surface area (Å²) in [6.45, 7) is 6.08. The number of nitrogens with two attached hydrogens (primary N) is 1. The molecule has 0 fully saturated rings. The van der Waals surface area contributed by atoms with Crippen LogP contribution in [0.15, 0.2) is 176 Å². The van der Waals surface area contributed by atoms with E-state index in [0.29, 0.717) is 5.70 Å². The molecule has 1 aromatic heterocycles. The van der Waals surface area contributed by atoms with Gasteiger partial charge in [0.15, 0.2) is 0 Å². The van der Waals surface area contributed by atoms with E-state index in [2.05, 4.69) is 133 Å². The molecule has 1 heterocycles. The topological polar surface area (TPSA) is 38.9 Å². The average Bonchev–Trinajstić information content (AvgIpc) is 3.50. The first-order chi connectivity index (χ1) is 24.2. The fraction of sp³-hybridized carbons (Fsp3) is 0.0851. The van der Waals surface area contributed by atoms with Crippen LogP contribution in [0.25, 0.3) is 61.0 Å². The van der Waals surface area contributed by atoms with Crippen molar-refractivity contribution in [2.75, 3.05) is 0 Å². The summed E-state index contributed by atoms with van der Waals surface area (Å²) in [5.41, 5.74) is 20.4. The third kappa shape index (κ3) is 7.45. The number of aryl methyl sites for hydroxylation is 1. The number of fused-ring (bicyclic) bond motifs is 3. The van der Waals surface area contributed by atoms with Crippen molar-refractivity contribution in [3.8, 4) is 44.5 Å². The maximum atomic E-state index is 6.13. The number of pyridine rings is 1. The van der Waals surface area contributed by atoms with Crippen molar-refractivity contribution in [1.29, 1.82) is 0 Å². The lowest BCUT2D eigenvalue weighted by molar-refractivity contribution is 1.25. The van der Waals surface area contributed by atoms with Crippen LogP contribution in [0.4, 0.5) is 0 Å². The van der Waals surface area contributed by atoms with Crippen LogP contribution in [0.5, 0.6) is 0 Å². The van der Waals surface area contributed by atoms with Crippen LogP contribution in [0.3, 0.4) is 0 Å². The molecule has 8 rings (SSSR count). The van der Waals surface area contributed by atoms with Gasteiger partial charge in [0.05, 0.1) is 11.4 Å². The summed E-state index contributed by atoms with van der Waals surface area (Å²) in [6.07, 6.45) is 8.62. The zero-order chi connectivity index (χ0) is 34.0. The molecule has 1 aliphatic carbocycles. The molecule has 2 heteroatoms. The summed E-state index contributed by atoms with van der Waals surface area (Å²) in [5.74, 6) is 0. The summed E-state index contributed by atoms with van der Waals surface area (Å²) in [6, 6.07) is 53.7. The molecule has 6 aromatic carbocycles. The summed E-state index contributed by atoms with van der Waals surface area (Å²) in [4.78, 5) is 4.29. The van der Waals surface area contributed by atoms with Crippen LogP contribution in [-0.4, -0.2) is 4.98 Å². The minimum atomic E-state index is 0.664. The summed E-state index contributed by atoms with van der Waals surface area (Å²) in [5, 5.41) is 2.67. The molecule has 0 radical (unpaired) electrons. The van der Waals surface area contributed by atoms with Gasteiger partial charge in [-0.3, -0.25) is 4.98 Å². The first-order valence-corrected chi connectivity index (χ1v) is 17.1. The van der Waals surface area contributed by atoms with Crippen LogP contribution in [-0.2, 0) is 6.42 Å². The van der Waals surface area contributed by atoms with Gasteiger partial charge in [-0.05, 0) is 98.5 Å². The zero-order valence-corrected chi connectivity index (χ0v) is 28.5. The Balaban J connectivity index is 0.000000409. The Bertz CT molecular complexity index is 2180. The molecule has 0 bridgehead atoms. The molecule has 0 unspecified atom stereocenters. The maximum Gasteiger partial charge on any atom is 0.0858 e. The molecule has 0 saturated heterocycles. The lowest BCUT2D eigenvalue weighted by atomic mass is 9.92. The van der Waals surface area contributed by atoms with E-state index in [9.17, 15) is 0 Å². The molecule has 49 heavy (non-hydrogen) atoms. The van der Waals surface area contributed by atoms with Gasteiger partial charge in [0.2, 0.25) is 0 Å². The number of hydrogen-bond acceptors (Lipinski definition) is 2. The summed E-state index contributed by atoms with van der Waals surface area (Å²) in [7, 11) is 0. The SMILES string of the molecule is CC.Cc1ccccc1.N/C(=C\C=C/Cc1ccc(-c2cccc(-c3ccc4c5c(cccc35)-c3ccccc3-4)c2)cc1)c1ccccn1. The highest BCUT2D eigenvalue weighted by Crippen LogP contribution is 2.49. The van der Waals surface area contributed by atoms with E-state index in [1.54, 1.807) is 6.20 Å². The van der Waals surface area contributed by atoms with E-state index in [1.807, 2.05) is 62.4 Å². The minimum Gasteiger partial charge on any atom is -0.397 e. The third-order valence-electron chi connectivity index (χ3n) is 8.68. The Hall–Kier alpha value is -5.99. The van der Waals surface area contributed by atoms with Gasteiger partial charge >= 0.3 is 0 Å². The number of nitrogens with zero attached hydrogens (tertiary/aromatic N) is 1. The van der Waals surface area contributed by atoms with Crippen LogP contribution in [0.2, 0.25) is 0 Å². The molecular formula is C47H42N2. The van der Waals surface area contributed by atoms with Crippen molar-refractivity contribution in [1.82, 2.24) is 4.98 Å². The highest BCUT2D eigenvalue weighted by atomic mass is 14.7. The summed E-state index contributed by atoms with van der Waals surface area (Å²) >= 11 is 0. The number of rotatable bonds is 6. The Morgan fingerprint density at radius 2 is 1.20 bits per heavy atom. The van der Waals surface area contributed by atoms with Crippen molar-refractivity contribution in [2.24, 2.45) is 5.73 Å². The molecule has 0 aliphatic heterocycles. The fourth-order valence-corrected chi connectivity index (χ4v) is 6.29. The molecule has 0 spiro atoms. The van der Waals surface area contributed by atoms with Crippen LogP contribution in [0.1, 0.15) is 30.7 Å². The van der Waals surface area contributed by atoms with Gasteiger partial charge in [0.25, 0.3) is 0 Å². The van der Waals surface area contributed by atoms with Crippen LogP contribution >= 0.6 is 0 Å². The molecule has 0 amide bonds. The molecule has 0 atom stereocenters. The number of hydrogen-bond donors (Lipinski definition) is 1. The van der Waals surface area contributed by atoms with E-state index in [1.165, 1.54) is 66.4 Å². The van der Waals surface area contributed by atoms with Gasteiger partial charge in [0.1, 0.15) is 0 Å². The lowest BCUT2D eigenvalue weighted by Gasteiger charge is -2.11. The third-order valence-corrected chi connectivity index (χ3v) is 8.68. The van der Waals surface area contributed by atoms with Crippen LogP contribution < -0.4 is 5.73 Å². The summed E-state index contributed by atoms with van der Waals surface area (Å²) < 4.78 is 0. The smallest absolute Gasteiger partial charge is 0.0858 e. The van der Waals surface area contributed by atoms with E-state index >= 15 is 0 Å². The van der Waals surface area contributed by atoms with Gasteiger partial charge in [-0.15, -0.1) is 0 Å². The normalized spacial score (nSPS) is 11.4. The molecular weight excluding hydrogens is 593 g/mol. The van der Waals surface area contributed by atoms with Crippen molar-refractivity contribution in [3.63, 3.8) is 0 Å². The largest absolute Gasteiger partial charge is 0.397 e. The van der Waals surface area contributed by atoms with Crippen molar-refractivity contribution >= 4 is 16.5 Å². The lowest BCUT2D eigenvalue weighted by Crippen LogP contribution is -1.97. The van der Waals surface area contributed by atoms with E-state index in [0.717, 1.165) is 12.1 Å². The van der Waals surface area contributed by atoms with Gasteiger partial charge in [-0.2, -0.15) is 0 Å². The molecule has 2 nitrogen and oxygen atoms in total. The molecule has 1 aliphatic rings. The highest BCUT2D eigenvalue weighted by Gasteiger charge is 2.22. The van der Waals surface area contributed by atoms with Crippen molar-refractivity contribution in [2.45, 2.75) is 27.2 Å². The highest BCUT2D eigenvalue weighted by molar-refractivity contribution is 6.18. The van der Waals surface area contributed by atoms with E-state index in [-0.39, 0.29) is 0 Å². The van der Waals surface area contributed by atoms with Gasteiger partial charge in [0, 0.05) is 6.20 Å².